The predicted octanol–water partition coefficient (Wildman–Crippen LogP) is 3.74. The quantitative estimate of drug-likeness (QED) is 0.774. The Bertz CT molecular complexity index is 954. The van der Waals surface area contributed by atoms with Gasteiger partial charge in [0.2, 0.25) is 0 Å². The molecule has 144 valence electrons. The standard InChI is InChI=1S/C20H16F2N2O3S/c1-12-5-7-13(8-6-12)11-16-19(26)24(20(27)28-16)10-9-23-18(25)17-14(21)3-2-4-15(17)22/h2-8,11H,9-10H2,1H3,(H,23,25)/b16-11-. The molecule has 0 saturated carbocycles. The third-order valence-electron chi connectivity index (χ3n) is 4.06. The van der Waals surface area contributed by atoms with E-state index in [-0.39, 0.29) is 18.0 Å². The van der Waals surface area contributed by atoms with Gasteiger partial charge in [0.25, 0.3) is 17.1 Å². The van der Waals surface area contributed by atoms with Crippen LogP contribution in [0.25, 0.3) is 6.08 Å². The topological polar surface area (TPSA) is 66.5 Å². The van der Waals surface area contributed by atoms with E-state index in [0.717, 1.165) is 46.0 Å². The number of imide groups is 1. The molecule has 1 saturated heterocycles. The van der Waals surface area contributed by atoms with Gasteiger partial charge < -0.3 is 5.32 Å². The minimum Gasteiger partial charge on any atom is -0.350 e. The molecule has 0 aliphatic carbocycles. The van der Waals surface area contributed by atoms with E-state index in [1.165, 1.54) is 0 Å². The Balaban J connectivity index is 1.62. The summed E-state index contributed by atoms with van der Waals surface area (Å²) in [6, 6.07) is 10.6. The maximum absolute atomic E-state index is 13.6. The Morgan fingerprint density at radius 2 is 1.75 bits per heavy atom. The van der Waals surface area contributed by atoms with E-state index in [1.54, 1.807) is 6.08 Å². The second-order valence-corrected chi connectivity index (χ2v) is 7.09. The van der Waals surface area contributed by atoms with Crippen LogP contribution >= 0.6 is 11.8 Å². The van der Waals surface area contributed by atoms with E-state index in [2.05, 4.69) is 5.32 Å². The van der Waals surface area contributed by atoms with E-state index in [1.807, 2.05) is 31.2 Å². The number of nitrogens with one attached hydrogen (secondary N) is 1. The summed E-state index contributed by atoms with van der Waals surface area (Å²) in [6.45, 7) is 1.72. The lowest BCUT2D eigenvalue weighted by Crippen LogP contribution is -2.37. The van der Waals surface area contributed by atoms with Gasteiger partial charge in [-0.15, -0.1) is 0 Å². The fourth-order valence-corrected chi connectivity index (χ4v) is 3.46. The predicted molar refractivity (Wildman–Crippen MR) is 103 cm³/mol. The highest BCUT2D eigenvalue weighted by molar-refractivity contribution is 8.18. The molecule has 0 bridgehead atoms. The molecule has 0 aromatic heterocycles. The fraction of sp³-hybridized carbons (Fsp3) is 0.150. The van der Waals surface area contributed by atoms with Gasteiger partial charge in [0.1, 0.15) is 17.2 Å². The number of carbonyl (C=O) groups is 3. The highest BCUT2D eigenvalue weighted by Crippen LogP contribution is 2.31. The number of thioether (sulfide) groups is 1. The van der Waals surface area contributed by atoms with Gasteiger partial charge in [0.15, 0.2) is 0 Å². The Labute approximate surface area is 164 Å². The molecule has 1 aliphatic rings. The zero-order chi connectivity index (χ0) is 20.3. The molecule has 0 spiro atoms. The maximum atomic E-state index is 13.6. The van der Waals surface area contributed by atoms with Crippen LogP contribution in [-0.2, 0) is 4.79 Å². The minimum absolute atomic E-state index is 0.0995. The van der Waals surface area contributed by atoms with Gasteiger partial charge in [-0.25, -0.2) is 8.78 Å². The van der Waals surface area contributed by atoms with Crippen LogP contribution in [0.4, 0.5) is 13.6 Å². The molecule has 5 nitrogen and oxygen atoms in total. The lowest BCUT2D eigenvalue weighted by atomic mass is 10.1. The molecular weight excluding hydrogens is 386 g/mol. The van der Waals surface area contributed by atoms with E-state index < -0.39 is 34.3 Å². The molecule has 1 aliphatic heterocycles. The largest absolute Gasteiger partial charge is 0.350 e. The number of nitrogens with zero attached hydrogens (tertiary/aromatic N) is 1. The molecule has 2 aromatic rings. The molecule has 3 amide bonds. The van der Waals surface area contributed by atoms with Crippen LogP contribution in [0.1, 0.15) is 21.5 Å². The molecule has 28 heavy (non-hydrogen) atoms. The highest BCUT2D eigenvalue weighted by Gasteiger charge is 2.34. The van der Waals surface area contributed by atoms with Gasteiger partial charge in [-0.2, -0.15) is 0 Å². The number of halogens is 2. The highest BCUT2D eigenvalue weighted by atomic mass is 32.2. The molecule has 0 radical (unpaired) electrons. The monoisotopic (exact) mass is 402 g/mol. The van der Waals surface area contributed by atoms with Crippen LogP contribution in [-0.4, -0.2) is 35.0 Å². The van der Waals surface area contributed by atoms with Gasteiger partial charge in [-0.05, 0) is 42.5 Å². The van der Waals surface area contributed by atoms with Crippen molar-refractivity contribution in [3.05, 3.63) is 75.7 Å². The summed E-state index contributed by atoms with van der Waals surface area (Å²) < 4.78 is 27.2. The normalized spacial score (nSPS) is 15.4. The summed E-state index contributed by atoms with van der Waals surface area (Å²) >= 11 is 0.807. The average Bonchev–Trinajstić information content (AvgIpc) is 2.91. The fourth-order valence-electron chi connectivity index (χ4n) is 2.59. The Hall–Kier alpha value is -3.00. The van der Waals surface area contributed by atoms with Crippen LogP contribution in [0, 0.1) is 18.6 Å². The van der Waals surface area contributed by atoms with E-state index >= 15 is 0 Å². The van der Waals surface area contributed by atoms with Crippen molar-refractivity contribution in [3.8, 4) is 0 Å². The van der Waals surface area contributed by atoms with Crippen LogP contribution in [0.15, 0.2) is 47.4 Å². The zero-order valence-electron chi connectivity index (χ0n) is 14.9. The summed E-state index contributed by atoms with van der Waals surface area (Å²) in [5.41, 5.74) is 1.17. The summed E-state index contributed by atoms with van der Waals surface area (Å²) in [7, 11) is 0. The van der Waals surface area contributed by atoms with Crippen molar-refractivity contribution in [2.75, 3.05) is 13.1 Å². The number of amides is 3. The van der Waals surface area contributed by atoms with Gasteiger partial charge in [-0.1, -0.05) is 35.9 Å². The summed E-state index contributed by atoms with van der Waals surface area (Å²) in [4.78, 5) is 37.7. The third kappa shape index (κ3) is 4.28. The first-order valence-corrected chi connectivity index (χ1v) is 9.22. The molecule has 0 unspecified atom stereocenters. The van der Waals surface area contributed by atoms with Crippen LogP contribution in [0.5, 0.6) is 0 Å². The Kier molecular flexibility index (Phi) is 5.89. The third-order valence-corrected chi connectivity index (χ3v) is 4.97. The van der Waals surface area contributed by atoms with Crippen LogP contribution < -0.4 is 5.32 Å². The second-order valence-electron chi connectivity index (χ2n) is 6.10. The Morgan fingerprint density at radius 1 is 1.11 bits per heavy atom. The number of hydrogen-bond acceptors (Lipinski definition) is 4. The van der Waals surface area contributed by atoms with Crippen LogP contribution in [0.2, 0.25) is 0 Å². The number of aryl methyl sites for hydroxylation is 1. The summed E-state index contributed by atoms with van der Waals surface area (Å²) in [6.07, 6.45) is 1.62. The van der Waals surface area contributed by atoms with Gasteiger partial charge in [0, 0.05) is 13.1 Å². The average molecular weight is 402 g/mol. The number of benzene rings is 2. The molecule has 2 aromatic carbocycles. The molecule has 1 heterocycles. The lowest BCUT2D eigenvalue weighted by Gasteiger charge is -2.13. The number of rotatable bonds is 5. The van der Waals surface area contributed by atoms with Crippen molar-refractivity contribution in [1.29, 1.82) is 0 Å². The summed E-state index contributed by atoms with van der Waals surface area (Å²) in [5.74, 6) is -3.38. The van der Waals surface area contributed by atoms with E-state index in [9.17, 15) is 23.2 Å². The van der Waals surface area contributed by atoms with Gasteiger partial charge in [-0.3, -0.25) is 19.3 Å². The van der Waals surface area contributed by atoms with Crippen molar-refractivity contribution in [1.82, 2.24) is 10.2 Å². The maximum Gasteiger partial charge on any atom is 0.293 e. The van der Waals surface area contributed by atoms with Crippen molar-refractivity contribution in [3.63, 3.8) is 0 Å². The number of hydrogen-bond donors (Lipinski definition) is 1. The Morgan fingerprint density at radius 3 is 2.39 bits per heavy atom. The lowest BCUT2D eigenvalue weighted by molar-refractivity contribution is -0.122. The molecule has 1 fully saturated rings. The van der Waals surface area contributed by atoms with Crippen molar-refractivity contribution < 1.29 is 23.2 Å². The zero-order valence-corrected chi connectivity index (χ0v) is 15.7. The van der Waals surface area contributed by atoms with Crippen molar-refractivity contribution in [2.24, 2.45) is 0 Å². The molecule has 0 atom stereocenters. The smallest absolute Gasteiger partial charge is 0.293 e. The number of carbonyl (C=O) groups excluding carboxylic acids is 3. The van der Waals surface area contributed by atoms with Crippen molar-refractivity contribution >= 4 is 34.9 Å². The molecule has 8 heteroatoms. The molecular formula is C20H16F2N2O3S. The molecule has 1 N–H and O–H groups in total. The second kappa shape index (κ2) is 8.35. The first-order valence-electron chi connectivity index (χ1n) is 8.41. The molecule has 3 rings (SSSR count). The minimum atomic E-state index is -0.982. The van der Waals surface area contributed by atoms with E-state index in [4.69, 9.17) is 0 Å². The summed E-state index contributed by atoms with van der Waals surface area (Å²) in [5, 5.41) is 1.86. The van der Waals surface area contributed by atoms with Gasteiger partial charge in [0.05, 0.1) is 4.91 Å². The first-order chi connectivity index (χ1) is 13.4. The first kappa shape index (κ1) is 19.8. The van der Waals surface area contributed by atoms with Crippen molar-refractivity contribution in [2.45, 2.75) is 6.92 Å². The SMILES string of the molecule is Cc1ccc(/C=C2\SC(=O)N(CCNC(=O)c3c(F)cccc3F)C2=O)cc1. The van der Waals surface area contributed by atoms with Crippen LogP contribution in [0.3, 0.4) is 0 Å². The van der Waals surface area contributed by atoms with Gasteiger partial charge >= 0.3 is 0 Å². The van der Waals surface area contributed by atoms with E-state index in [0.29, 0.717) is 0 Å².